The summed E-state index contributed by atoms with van der Waals surface area (Å²) in [5.41, 5.74) is 10.4. The van der Waals surface area contributed by atoms with E-state index >= 15 is 0 Å². The number of sulfonamides is 1. The molecule has 0 aliphatic rings. The number of hydrogen-bond donors (Lipinski definition) is 2. The fourth-order valence-electron chi connectivity index (χ4n) is 3.73. The van der Waals surface area contributed by atoms with Crippen LogP contribution in [0.3, 0.4) is 0 Å². The number of rotatable bonds is 18. The normalized spacial score (nSPS) is 12.0. The molecule has 44 heavy (non-hydrogen) atoms. The molecule has 2 heterocycles. The van der Waals surface area contributed by atoms with Crippen molar-refractivity contribution in [1.82, 2.24) is 25.3 Å². The Morgan fingerprint density at radius 3 is 2.89 bits per heavy atom. The predicted octanol–water partition coefficient (Wildman–Crippen LogP) is 2.80. The van der Waals surface area contributed by atoms with Gasteiger partial charge < -0.3 is 14.8 Å². The van der Waals surface area contributed by atoms with Crippen molar-refractivity contribution in [3.8, 4) is 11.5 Å². The number of aromatic nitrogens is 4. The second-order valence-corrected chi connectivity index (χ2v) is 12.8. The molecule has 4 aromatic rings. The number of carbonyl (C=O) groups excluding carboxylic acids is 1. The highest BCUT2D eigenvalue weighted by molar-refractivity contribution is 7.98. The highest BCUT2D eigenvalue weighted by Crippen LogP contribution is 2.28. The second-order valence-electron chi connectivity index (χ2n) is 9.03. The first-order valence-corrected chi connectivity index (χ1v) is 16.5. The Kier molecular flexibility index (Phi) is 12.1. The zero-order valence-electron chi connectivity index (χ0n) is 23.4. The Morgan fingerprint density at radius 1 is 1.25 bits per heavy atom. The number of nitrogens with one attached hydrogen (secondary N) is 1. The van der Waals surface area contributed by atoms with Gasteiger partial charge in [0.25, 0.3) is 10.0 Å². The van der Waals surface area contributed by atoms with Crippen LogP contribution in [-0.2, 0) is 43.5 Å². The lowest BCUT2D eigenvalue weighted by molar-refractivity contribution is -0.274. The molecule has 0 spiro atoms. The molecule has 0 fully saturated rings. The Balaban J connectivity index is 1.24. The van der Waals surface area contributed by atoms with Gasteiger partial charge in [-0.3, -0.25) is 4.79 Å². The van der Waals surface area contributed by atoms with Crippen LogP contribution in [0, 0.1) is 0 Å². The third-order valence-corrected chi connectivity index (χ3v) is 9.14. The highest BCUT2D eigenvalue weighted by atomic mass is 32.2. The molecule has 0 aliphatic carbocycles. The molecule has 1 amide bonds. The van der Waals surface area contributed by atoms with Crippen LogP contribution in [-0.4, -0.2) is 73.0 Å². The van der Waals surface area contributed by atoms with Crippen molar-refractivity contribution in [1.29, 1.82) is 0 Å². The van der Waals surface area contributed by atoms with E-state index in [1.165, 1.54) is 11.8 Å². The summed E-state index contributed by atoms with van der Waals surface area (Å²) in [5.74, 6) is 2.10. The fourth-order valence-corrected chi connectivity index (χ4v) is 6.41. The topological polar surface area (TPSA) is 219 Å². The summed E-state index contributed by atoms with van der Waals surface area (Å²) >= 11 is 2.56. The molecule has 0 bridgehead atoms. The van der Waals surface area contributed by atoms with E-state index in [0.717, 1.165) is 16.9 Å². The summed E-state index contributed by atoms with van der Waals surface area (Å²) in [6, 6.07) is 12.2. The minimum atomic E-state index is -3.89. The summed E-state index contributed by atoms with van der Waals surface area (Å²) < 4.78 is 36.3. The average molecular weight is 664 g/mol. The summed E-state index contributed by atoms with van der Waals surface area (Å²) in [6.45, 7) is 0.698. The Labute approximate surface area is 260 Å². The molecule has 0 aliphatic heterocycles. The zero-order chi connectivity index (χ0) is 31.4. The molecule has 3 N–H and O–H groups in total. The maximum atomic E-state index is 12.8. The number of thioether (sulfide) groups is 1. The molecule has 16 nitrogen and oxygen atoms in total. The average Bonchev–Trinajstić information content (AvgIpc) is 3.64. The Hall–Kier alpha value is -3.97. The van der Waals surface area contributed by atoms with Crippen molar-refractivity contribution < 1.29 is 32.5 Å². The van der Waals surface area contributed by atoms with Crippen LogP contribution < -0.4 is 19.9 Å². The van der Waals surface area contributed by atoms with Crippen molar-refractivity contribution >= 4 is 49.2 Å². The number of benzene rings is 2. The molecular formula is C25H29N9O7S3. The van der Waals surface area contributed by atoms with Crippen LogP contribution in [0.1, 0.15) is 11.3 Å². The molecule has 1 atom stereocenters. The van der Waals surface area contributed by atoms with Crippen LogP contribution in [0.15, 0.2) is 58.1 Å². The van der Waals surface area contributed by atoms with E-state index in [1.54, 1.807) is 36.2 Å². The maximum absolute atomic E-state index is 12.8. The van der Waals surface area contributed by atoms with Crippen molar-refractivity contribution in [2.75, 3.05) is 32.6 Å². The number of primary sulfonamides is 1. The molecule has 2 aromatic heterocycles. The molecular weight excluding hydrogens is 635 g/mol. The lowest BCUT2D eigenvalue weighted by atomic mass is 10.2. The van der Waals surface area contributed by atoms with Gasteiger partial charge in [-0.05, 0) is 41.4 Å². The largest absolute Gasteiger partial charge is 0.493 e. The van der Waals surface area contributed by atoms with Crippen molar-refractivity contribution in [2.24, 2.45) is 10.3 Å². The van der Waals surface area contributed by atoms with E-state index in [4.69, 9.17) is 29.9 Å². The second kappa shape index (κ2) is 16.2. The summed E-state index contributed by atoms with van der Waals surface area (Å²) in [4.78, 5) is 29.3. The standard InChI is InChI=1S/C25H29N9O7S3/c1-38-41-14-19(16-42-15-17-3-2-4-20(9-17)39-8-7-28-32-26)29-24(35)12-34-11-18(31-33-34)13-40-21-5-6-22-23(10-21)43-25(30-22)44(27,36)37/h2-6,9-11,19H,7-8,12-16H2,1H3,(H,29,35)(H2,27,36,37)/t19-/m0/s1. The lowest BCUT2D eigenvalue weighted by Gasteiger charge is -2.17. The smallest absolute Gasteiger partial charge is 0.265 e. The van der Waals surface area contributed by atoms with Gasteiger partial charge in [-0.1, -0.05) is 22.5 Å². The number of nitrogens with zero attached hydrogens (tertiary/aromatic N) is 7. The third kappa shape index (κ3) is 10.3. The van der Waals surface area contributed by atoms with E-state index in [-0.39, 0.29) is 42.6 Å². The van der Waals surface area contributed by atoms with Gasteiger partial charge >= 0.3 is 0 Å². The van der Waals surface area contributed by atoms with E-state index in [1.807, 2.05) is 24.3 Å². The summed E-state index contributed by atoms with van der Waals surface area (Å²) in [7, 11) is -2.49. The highest BCUT2D eigenvalue weighted by Gasteiger charge is 2.17. The number of thiazole rings is 1. The predicted molar refractivity (Wildman–Crippen MR) is 162 cm³/mol. The monoisotopic (exact) mass is 663 g/mol. The maximum Gasteiger partial charge on any atom is 0.265 e. The van der Waals surface area contributed by atoms with Gasteiger partial charge in [0.1, 0.15) is 37.0 Å². The molecule has 0 radical (unpaired) electrons. The van der Waals surface area contributed by atoms with E-state index in [0.29, 0.717) is 45.5 Å². The van der Waals surface area contributed by atoms with E-state index < -0.39 is 10.0 Å². The van der Waals surface area contributed by atoms with Crippen LogP contribution in [0.2, 0.25) is 0 Å². The van der Waals surface area contributed by atoms with Gasteiger partial charge in [-0.15, -0.1) is 16.4 Å². The van der Waals surface area contributed by atoms with Gasteiger partial charge in [0, 0.05) is 16.4 Å². The number of amides is 1. The summed E-state index contributed by atoms with van der Waals surface area (Å²) in [6.07, 6.45) is 1.60. The Morgan fingerprint density at radius 2 is 2.09 bits per heavy atom. The van der Waals surface area contributed by atoms with Gasteiger partial charge in [-0.2, -0.15) is 11.8 Å². The van der Waals surface area contributed by atoms with E-state index in [2.05, 4.69) is 30.6 Å². The van der Waals surface area contributed by atoms with Crippen LogP contribution in [0.4, 0.5) is 0 Å². The first-order chi connectivity index (χ1) is 21.2. The Bertz CT molecular complexity index is 1710. The SMILES string of the molecule is COOC[C@@H](CSCc1cccc(OCCN=[N+]=[N-])c1)NC(=O)Cn1cc(COc2ccc3nc(S(N)(=O)=O)sc3c2)nn1. The number of azide groups is 1. The molecule has 19 heteroatoms. The molecule has 2 aromatic carbocycles. The van der Waals surface area contributed by atoms with Crippen molar-refractivity contribution in [2.45, 2.75) is 29.3 Å². The first-order valence-electron chi connectivity index (χ1n) is 12.9. The fraction of sp³-hybridized carbons (Fsp3) is 0.360. The van der Waals surface area contributed by atoms with Gasteiger partial charge in [-0.25, -0.2) is 33.0 Å². The van der Waals surface area contributed by atoms with Crippen molar-refractivity contribution in [3.63, 3.8) is 0 Å². The molecule has 4 rings (SSSR count). The van der Waals surface area contributed by atoms with Gasteiger partial charge in [0.2, 0.25) is 10.2 Å². The molecule has 234 valence electrons. The number of nitrogens with two attached hydrogens (primary N) is 1. The van der Waals surface area contributed by atoms with Crippen LogP contribution >= 0.6 is 23.1 Å². The van der Waals surface area contributed by atoms with Crippen LogP contribution in [0.25, 0.3) is 20.7 Å². The minimum absolute atomic E-state index is 0.0699. The number of fused-ring (bicyclic) bond motifs is 1. The van der Waals surface area contributed by atoms with Gasteiger partial charge in [0.15, 0.2) is 0 Å². The number of ether oxygens (including phenoxy) is 2. The zero-order valence-corrected chi connectivity index (χ0v) is 25.9. The van der Waals surface area contributed by atoms with Crippen molar-refractivity contribution in [3.05, 3.63) is 70.4 Å². The number of hydrogen-bond acceptors (Lipinski definition) is 13. The molecule has 0 saturated carbocycles. The van der Waals surface area contributed by atoms with Gasteiger partial charge in [0.05, 0.1) is 42.7 Å². The van der Waals surface area contributed by atoms with E-state index in [9.17, 15) is 13.2 Å². The minimum Gasteiger partial charge on any atom is -0.493 e. The first kappa shape index (κ1) is 32.9. The number of carbonyl (C=O) groups is 1. The molecule has 0 unspecified atom stereocenters. The van der Waals surface area contributed by atoms with Crippen LogP contribution in [0.5, 0.6) is 11.5 Å². The quantitative estimate of drug-likeness (QED) is 0.0394. The molecule has 0 saturated heterocycles. The summed E-state index contributed by atoms with van der Waals surface area (Å²) in [5, 5.41) is 19.6. The third-order valence-electron chi connectivity index (χ3n) is 5.62. The lowest BCUT2D eigenvalue weighted by Crippen LogP contribution is -2.41.